The Hall–Kier alpha value is -0.420. The number of aliphatic hydroxyl groups excluding tert-OH is 1. The lowest BCUT2D eigenvalue weighted by Gasteiger charge is -2.28. The zero-order valence-electron chi connectivity index (χ0n) is 12.3. The van der Waals surface area contributed by atoms with E-state index in [1.807, 2.05) is 0 Å². The quantitative estimate of drug-likeness (QED) is 0.670. The van der Waals surface area contributed by atoms with Crippen molar-refractivity contribution < 1.29 is 9.84 Å². The molecule has 110 valence electrons. The van der Waals surface area contributed by atoms with Gasteiger partial charge in [-0.15, -0.1) is 11.3 Å². The maximum atomic E-state index is 10.0. The largest absolute Gasteiger partial charge is 0.389 e. The van der Waals surface area contributed by atoms with Crippen molar-refractivity contribution in [1.82, 2.24) is 4.90 Å². The molecule has 0 saturated carbocycles. The van der Waals surface area contributed by atoms with Gasteiger partial charge in [0.2, 0.25) is 0 Å². The second-order valence-corrected chi connectivity index (χ2v) is 6.22. The van der Waals surface area contributed by atoms with E-state index >= 15 is 0 Å². The Morgan fingerprint density at radius 3 is 2.79 bits per heavy atom. The molecule has 4 heteroatoms. The highest BCUT2D eigenvalue weighted by Crippen LogP contribution is 2.14. The summed E-state index contributed by atoms with van der Waals surface area (Å²) in [5.41, 5.74) is 0. The van der Waals surface area contributed by atoms with E-state index in [0.717, 1.165) is 26.0 Å². The van der Waals surface area contributed by atoms with Crippen molar-refractivity contribution in [2.45, 2.75) is 52.3 Å². The second kappa shape index (κ2) is 9.48. The minimum Gasteiger partial charge on any atom is -0.389 e. The Kier molecular flexibility index (Phi) is 8.30. The maximum Gasteiger partial charge on any atom is 0.0900 e. The molecule has 1 aromatic rings. The smallest absolute Gasteiger partial charge is 0.0900 e. The Morgan fingerprint density at radius 2 is 2.21 bits per heavy atom. The van der Waals surface area contributed by atoms with Crippen LogP contribution in [0.2, 0.25) is 0 Å². The van der Waals surface area contributed by atoms with Crippen LogP contribution in [-0.2, 0) is 11.3 Å². The van der Waals surface area contributed by atoms with Gasteiger partial charge in [0.05, 0.1) is 12.7 Å². The SMILES string of the molecule is CCCCOCC(O)CN(Cc1cccs1)C(C)C. The highest BCUT2D eigenvalue weighted by Gasteiger charge is 2.15. The number of thiophene rings is 1. The van der Waals surface area contributed by atoms with E-state index in [1.165, 1.54) is 4.88 Å². The normalized spacial score (nSPS) is 13.4. The molecule has 3 nitrogen and oxygen atoms in total. The summed E-state index contributed by atoms with van der Waals surface area (Å²) in [6.07, 6.45) is 1.79. The third kappa shape index (κ3) is 7.06. The van der Waals surface area contributed by atoms with E-state index < -0.39 is 6.10 Å². The number of hydrogen-bond donors (Lipinski definition) is 1. The summed E-state index contributed by atoms with van der Waals surface area (Å²) in [6.45, 7) is 9.23. The Balaban J connectivity index is 2.32. The topological polar surface area (TPSA) is 32.7 Å². The van der Waals surface area contributed by atoms with Crippen LogP contribution in [0.5, 0.6) is 0 Å². The van der Waals surface area contributed by atoms with Crippen LogP contribution in [0.3, 0.4) is 0 Å². The average Bonchev–Trinajstić information content (AvgIpc) is 2.86. The number of hydrogen-bond acceptors (Lipinski definition) is 4. The van der Waals surface area contributed by atoms with Crippen LogP contribution < -0.4 is 0 Å². The van der Waals surface area contributed by atoms with Crippen LogP contribution in [0.25, 0.3) is 0 Å². The second-order valence-electron chi connectivity index (χ2n) is 5.18. The zero-order chi connectivity index (χ0) is 14.1. The van der Waals surface area contributed by atoms with Gasteiger partial charge in [-0.2, -0.15) is 0 Å². The molecule has 1 atom stereocenters. The fourth-order valence-electron chi connectivity index (χ4n) is 1.85. The van der Waals surface area contributed by atoms with Gasteiger partial charge in [-0.25, -0.2) is 0 Å². The number of unbranched alkanes of at least 4 members (excludes halogenated alkanes) is 1. The van der Waals surface area contributed by atoms with E-state index in [2.05, 4.69) is 43.2 Å². The molecule has 19 heavy (non-hydrogen) atoms. The molecule has 1 heterocycles. The first-order valence-electron chi connectivity index (χ1n) is 7.15. The van der Waals surface area contributed by atoms with Crippen LogP contribution in [0.15, 0.2) is 17.5 Å². The fourth-order valence-corrected chi connectivity index (χ4v) is 2.58. The highest BCUT2D eigenvalue weighted by molar-refractivity contribution is 7.09. The van der Waals surface area contributed by atoms with Crippen molar-refractivity contribution in [2.24, 2.45) is 0 Å². The van der Waals surface area contributed by atoms with Crippen LogP contribution in [0, 0.1) is 0 Å². The molecule has 0 aliphatic rings. The molecule has 1 unspecified atom stereocenters. The molecule has 0 amide bonds. The predicted molar refractivity (Wildman–Crippen MR) is 81.6 cm³/mol. The number of nitrogens with zero attached hydrogens (tertiary/aromatic N) is 1. The highest BCUT2D eigenvalue weighted by atomic mass is 32.1. The van der Waals surface area contributed by atoms with E-state index in [1.54, 1.807) is 11.3 Å². The molecule has 1 rings (SSSR count). The molecule has 0 spiro atoms. The summed E-state index contributed by atoms with van der Waals surface area (Å²) < 4.78 is 5.48. The molecular formula is C15H27NO2S. The lowest BCUT2D eigenvalue weighted by atomic mass is 10.2. The van der Waals surface area contributed by atoms with Gasteiger partial charge in [-0.1, -0.05) is 19.4 Å². The number of rotatable bonds is 10. The van der Waals surface area contributed by atoms with Gasteiger partial charge in [-0.3, -0.25) is 4.90 Å². The zero-order valence-corrected chi connectivity index (χ0v) is 13.2. The maximum absolute atomic E-state index is 10.0. The van der Waals surface area contributed by atoms with Crippen molar-refractivity contribution in [3.05, 3.63) is 22.4 Å². The first-order valence-corrected chi connectivity index (χ1v) is 8.03. The van der Waals surface area contributed by atoms with Crippen LogP contribution >= 0.6 is 11.3 Å². The molecule has 1 N–H and O–H groups in total. The van der Waals surface area contributed by atoms with Crippen LogP contribution in [0.1, 0.15) is 38.5 Å². The average molecular weight is 285 g/mol. The van der Waals surface area contributed by atoms with Gasteiger partial charge in [0.25, 0.3) is 0 Å². The summed E-state index contributed by atoms with van der Waals surface area (Å²) in [4.78, 5) is 3.63. The number of ether oxygens (including phenoxy) is 1. The van der Waals surface area contributed by atoms with Gasteiger partial charge in [0.15, 0.2) is 0 Å². The first-order chi connectivity index (χ1) is 9.13. The predicted octanol–water partition coefficient (Wildman–Crippen LogP) is 3.14. The van der Waals surface area contributed by atoms with Crippen LogP contribution in [0.4, 0.5) is 0 Å². The van der Waals surface area contributed by atoms with E-state index in [4.69, 9.17) is 4.74 Å². The van der Waals surface area contributed by atoms with Gasteiger partial charge in [0.1, 0.15) is 0 Å². The van der Waals surface area contributed by atoms with E-state index in [0.29, 0.717) is 19.2 Å². The first kappa shape index (κ1) is 16.6. The Morgan fingerprint density at radius 1 is 1.42 bits per heavy atom. The number of aliphatic hydroxyl groups is 1. The third-order valence-electron chi connectivity index (χ3n) is 3.07. The molecule has 0 radical (unpaired) electrons. The molecule has 0 aliphatic carbocycles. The van der Waals surface area contributed by atoms with Gasteiger partial charge < -0.3 is 9.84 Å². The summed E-state index contributed by atoms with van der Waals surface area (Å²) in [7, 11) is 0. The van der Waals surface area contributed by atoms with E-state index in [-0.39, 0.29) is 0 Å². The summed E-state index contributed by atoms with van der Waals surface area (Å²) >= 11 is 1.77. The minimum atomic E-state index is -0.404. The molecule has 0 aliphatic heterocycles. The minimum absolute atomic E-state index is 0.404. The standard InChI is InChI=1S/C15H27NO2S/c1-4-5-8-18-12-14(17)10-16(13(2)3)11-15-7-6-9-19-15/h6-7,9,13-14,17H,4-5,8,10-12H2,1-3H3. The van der Waals surface area contributed by atoms with Gasteiger partial charge in [-0.05, 0) is 31.7 Å². The van der Waals surface area contributed by atoms with Crippen molar-refractivity contribution in [3.8, 4) is 0 Å². The molecule has 0 fully saturated rings. The van der Waals surface area contributed by atoms with Gasteiger partial charge >= 0.3 is 0 Å². The fraction of sp³-hybridized carbons (Fsp3) is 0.733. The summed E-state index contributed by atoms with van der Waals surface area (Å²) in [5.74, 6) is 0. The van der Waals surface area contributed by atoms with Crippen molar-refractivity contribution in [1.29, 1.82) is 0 Å². The third-order valence-corrected chi connectivity index (χ3v) is 3.93. The molecule has 1 aromatic heterocycles. The van der Waals surface area contributed by atoms with Crippen molar-refractivity contribution in [2.75, 3.05) is 19.8 Å². The summed E-state index contributed by atoms with van der Waals surface area (Å²) in [5, 5.41) is 12.1. The Bertz CT molecular complexity index is 314. The monoisotopic (exact) mass is 285 g/mol. The molecular weight excluding hydrogens is 258 g/mol. The lowest BCUT2D eigenvalue weighted by molar-refractivity contribution is 0.00878. The van der Waals surface area contributed by atoms with Crippen LogP contribution in [-0.4, -0.2) is 41.9 Å². The molecule has 0 bridgehead atoms. The van der Waals surface area contributed by atoms with Gasteiger partial charge in [0, 0.05) is 30.6 Å². The Labute approximate surface area is 121 Å². The molecule has 0 saturated heterocycles. The molecule has 0 aromatic carbocycles. The summed E-state index contributed by atoms with van der Waals surface area (Å²) in [6, 6.07) is 4.64. The van der Waals surface area contributed by atoms with E-state index in [9.17, 15) is 5.11 Å². The van der Waals surface area contributed by atoms with Crippen molar-refractivity contribution in [3.63, 3.8) is 0 Å². The van der Waals surface area contributed by atoms with Crippen molar-refractivity contribution >= 4 is 11.3 Å². The lowest BCUT2D eigenvalue weighted by Crippen LogP contribution is -2.38.